The van der Waals surface area contributed by atoms with Gasteiger partial charge < -0.3 is 14.6 Å². The smallest absolute Gasteiger partial charge is 0.271 e. The van der Waals surface area contributed by atoms with Gasteiger partial charge in [-0.1, -0.05) is 29.8 Å². The summed E-state index contributed by atoms with van der Waals surface area (Å²) in [4.78, 5) is 2.26. The van der Waals surface area contributed by atoms with Crippen molar-refractivity contribution in [3.05, 3.63) is 53.6 Å². The molecule has 27 heavy (non-hydrogen) atoms. The molecule has 2 aromatic carbocycles. The lowest BCUT2D eigenvalue weighted by molar-refractivity contribution is -0.658. The molecule has 1 N–H and O–H groups in total. The monoisotopic (exact) mass is 365 g/mol. The second kappa shape index (κ2) is 6.27. The molecule has 1 unspecified atom stereocenters. The van der Waals surface area contributed by atoms with Crippen molar-refractivity contribution in [3.8, 4) is 11.5 Å². The van der Waals surface area contributed by atoms with Gasteiger partial charge >= 0.3 is 0 Å². The summed E-state index contributed by atoms with van der Waals surface area (Å²) < 4.78 is 13.2. The summed E-state index contributed by atoms with van der Waals surface area (Å²) >= 11 is 0. The highest BCUT2D eigenvalue weighted by Crippen LogP contribution is 2.40. The average Bonchev–Trinajstić information content (AvgIpc) is 3.15. The zero-order valence-corrected chi connectivity index (χ0v) is 15.6. The first-order valence-corrected chi connectivity index (χ1v) is 9.75. The molecule has 0 saturated heterocycles. The molecule has 5 heteroatoms. The molecule has 0 aromatic heterocycles. The fourth-order valence-electron chi connectivity index (χ4n) is 4.43. The van der Waals surface area contributed by atoms with Gasteiger partial charge in [-0.05, 0) is 38.3 Å². The first kappa shape index (κ1) is 16.6. The second-order valence-corrected chi connectivity index (χ2v) is 7.68. The average molecular weight is 365 g/mol. The number of anilines is 1. The quantitative estimate of drug-likeness (QED) is 0.829. The zero-order chi connectivity index (χ0) is 18.4. The number of hydrogen-bond acceptors (Lipinski definition) is 4. The minimum absolute atomic E-state index is 0.273. The molecule has 3 aliphatic rings. The van der Waals surface area contributed by atoms with Crippen molar-refractivity contribution in [2.45, 2.75) is 38.3 Å². The van der Waals surface area contributed by atoms with Gasteiger partial charge in [0.05, 0.1) is 6.54 Å². The largest absolute Gasteiger partial charge is 0.454 e. The SMILES string of the molecule is Cc1ccc(C2(O)CN(c3ccc4c(c3)OCO4)C3=[N+]2CCCCC3)cc1. The third-order valence-corrected chi connectivity index (χ3v) is 5.91. The fourth-order valence-corrected chi connectivity index (χ4v) is 4.43. The molecule has 2 aromatic rings. The van der Waals surface area contributed by atoms with Crippen LogP contribution in [-0.4, -0.2) is 35.4 Å². The number of fused-ring (bicyclic) bond motifs is 1. The molecular formula is C22H25N2O3+. The summed E-state index contributed by atoms with van der Waals surface area (Å²) in [6, 6.07) is 14.3. The van der Waals surface area contributed by atoms with E-state index in [-0.39, 0.29) is 6.79 Å². The predicted molar refractivity (Wildman–Crippen MR) is 104 cm³/mol. The highest BCUT2D eigenvalue weighted by Gasteiger charge is 2.52. The van der Waals surface area contributed by atoms with E-state index in [2.05, 4.69) is 46.7 Å². The van der Waals surface area contributed by atoms with Crippen molar-refractivity contribution >= 4 is 11.5 Å². The summed E-state index contributed by atoms with van der Waals surface area (Å²) in [5.41, 5.74) is 2.19. The predicted octanol–water partition coefficient (Wildman–Crippen LogP) is 3.37. The number of aryl methyl sites for hydroxylation is 1. The molecule has 5 rings (SSSR count). The lowest BCUT2D eigenvalue weighted by Crippen LogP contribution is -2.41. The molecule has 1 atom stereocenters. The van der Waals surface area contributed by atoms with E-state index in [1.54, 1.807) is 0 Å². The maximum atomic E-state index is 11.8. The number of benzene rings is 2. The molecule has 0 bridgehead atoms. The van der Waals surface area contributed by atoms with E-state index in [0.29, 0.717) is 6.54 Å². The number of ether oxygens (including phenoxy) is 2. The van der Waals surface area contributed by atoms with Crippen LogP contribution in [0.2, 0.25) is 0 Å². The van der Waals surface area contributed by atoms with E-state index in [4.69, 9.17) is 9.47 Å². The van der Waals surface area contributed by atoms with Gasteiger partial charge in [-0.15, -0.1) is 0 Å². The van der Waals surface area contributed by atoms with Crippen LogP contribution in [0.4, 0.5) is 5.69 Å². The molecule has 0 aliphatic carbocycles. The van der Waals surface area contributed by atoms with Crippen LogP contribution < -0.4 is 14.4 Å². The van der Waals surface area contributed by atoms with E-state index in [0.717, 1.165) is 48.6 Å². The number of rotatable bonds is 2. The topological polar surface area (TPSA) is 44.9 Å². The van der Waals surface area contributed by atoms with Crippen LogP contribution in [0.25, 0.3) is 0 Å². The molecule has 5 nitrogen and oxygen atoms in total. The number of β-amino-alcohol motifs (C(OH)–C–C–N with tert-alkyl or cyclic N) is 1. The summed E-state index contributed by atoms with van der Waals surface area (Å²) in [5, 5.41) is 11.8. The highest BCUT2D eigenvalue weighted by atomic mass is 16.7. The molecule has 0 fully saturated rings. The van der Waals surface area contributed by atoms with Crippen molar-refractivity contribution in [1.82, 2.24) is 0 Å². The third-order valence-electron chi connectivity index (χ3n) is 5.91. The van der Waals surface area contributed by atoms with Gasteiger partial charge in [0.2, 0.25) is 6.79 Å². The third kappa shape index (κ3) is 2.69. The number of nitrogens with zero attached hydrogens (tertiary/aromatic N) is 2. The maximum absolute atomic E-state index is 11.8. The van der Waals surface area contributed by atoms with Crippen molar-refractivity contribution in [1.29, 1.82) is 0 Å². The van der Waals surface area contributed by atoms with Crippen LogP contribution in [0.5, 0.6) is 11.5 Å². The zero-order valence-electron chi connectivity index (χ0n) is 15.6. The molecule has 0 spiro atoms. The van der Waals surface area contributed by atoms with Gasteiger partial charge in [-0.25, -0.2) is 9.48 Å². The summed E-state index contributed by atoms with van der Waals surface area (Å²) in [7, 11) is 0. The Morgan fingerprint density at radius 3 is 2.67 bits per heavy atom. The Bertz CT molecular complexity index is 906. The highest BCUT2D eigenvalue weighted by molar-refractivity contribution is 5.96. The summed E-state index contributed by atoms with van der Waals surface area (Å²) in [5.74, 6) is 2.77. The van der Waals surface area contributed by atoms with Gasteiger partial charge in [0.15, 0.2) is 18.0 Å². The molecule has 140 valence electrons. The molecule has 3 aliphatic heterocycles. The van der Waals surface area contributed by atoms with Crippen LogP contribution in [0, 0.1) is 6.92 Å². The number of hydrogen-bond donors (Lipinski definition) is 1. The van der Waals surface area contributed by atoms with Crippen molar-refractivity contribution < 1.29 is 19.2 Å². The number of aliphatic hydroxyl groups is 1. The minimum atomic E-state index is -1.01. The van der Waals surface area contributed by atoms with E-state index in [1.807, 2.05) is 12.1 Å². The molecule has 0 amide bonds. The Balaban J connectivity index is 1.59. The Morgan fingerprint density at radius 1 is 1.00 bits per heavy atom. The van der Waals surface area contributed by atoms with Gasteiger partial charge in [-0.2, -0.15) is 0 Å². The van der Waals surface area contributed by atoms with Crippen molar-refractivity contribution in [2.75, 3.05) is 24.8 Å². The second-order valence-electron chi connectivity index (χ2n) is 7.68. The lowest BCUT2D eigenvalue weighted by atomic mass is 10.0. The maximum Gasteiger partial charge on any atom is 0.271 e. The standard InChI is InChI=1S/C22H25N2O3/c1-16-6-8-17(9-7-16)22(25)14-23(21-5-3-2-4-12-24(21)22)18-10-11-19-20(13-18)27-15-26-19/h6-11,13,25H,2-5,12,14-15H2,1H3/q+1. The lowest BCUT2D eigenvalue weighted by Gasteiger charge is -2.23. The van der Waals surface area contributed by atoms with Gasteiger partial charge in [0.1, 0.15) is 5.69 Å². The van der Waals surface area contributed by atoms with Crippen molar-refractivity contribution in [2.24, 2.45) is 0 Å². The van der Waals surface area contributed by atoms with Gasteiger partial charge in [-0.3, -0.25) is 0 Å². The van der Waals surface area contributed by atoms with Crippen molar-refractivity contribution in [3.63, 3.8) is 0 Å². The van der Waals surface area contributed by atoms with Gasteiger partial charge in [0.25, 0.3) is 11.6 Å². The van der Waals surface area contributed by atoms with E-state index < -0.39 is 5.72 Å². The minimum Gasteiger partial charge on any atom is -0.454 e. The summed E-state index contributed by atoms with van der Waals surface area (Å²) in [6.07, 6.45) is 4.42. The van der Waals surface area contributed by atoms with E-state index in [9.17, 15) is 5.11 Å². The van der Waals surface area contributed by atoms with Crippen LogP contribution >= 0.6 is 0 Å². The van der Waals surface area contributed by atoms with Gasteiger partial charge in [0, 0.05) is 18.1 Å². The molecule has 0 saturated carbocycles. The Morgan fingerprint density at radius 2 is 1.81 bits per heavy atom. The summed E-state index contributed by atoms with van der Waals surface area (Å²) in [6.45, 7) is 3.74. The normalized spacial score (nSPS) is 24.1. The first-order valence-electron chi connectivity index (χ1n) is 9.75. The Kier molecular flexibility index (Phi) is 3.86. The van der Waals surface area contributed by atoms with Crippen LogP contribution in [0.1, 0.15) is 36.8 Å². The molecule has 3 heterocycles. The Hall–Kier alpha value is -2.53. The fraction of sp³-hybridized carbons (Fsp3) is 0.409. The van der Waals surface area contributed by atoms with Crippen LogP contribution in [0.15, 0.2) is 42.5 Å². The molecule has 0 radical (unpaired) electrons. The van der Waals surface area contributed by atoms with Crippen LogP contribution in [-0.2, 0) is 5.72 Å². The molecular weight excluding hydrogens is 340 g/mol. The van der Waals surface area contributed by atoms with Crippen LogP contribution in [0.3, 0.4) is 0 Å². The number of amidine groups is 1. The Labute approximate surface area is 159 Å². The van der Waals surface area contributed by atoms with E-state index >= 15 is 0 Å². The van der Waals surface area contributed by atoms with E-state index in [1.165, 1.54) is 17.8 Å². The first-order chi connectivity index (χ1) is 13.1.